The van der Waals surface area contributed by atoms with Crippen molar-refractivity contribution < 1.29 is 24.2 Å². The summed E-state index contributed by atoms with van der Waals surface area (Å²) >= 11 is 0. The zero-order valence-electron chi connectivity index (χ0n) is 18.4. The zero-order chi connectivity index (χ0) is 22.9. The first-order valence-corrected chi connectivity index (χ1v) is 11.6. The number of ether oxygens (including phenoxy) is 1. The molecule has 2 N–H and O–H groups in total. The Morgan fingerprint density at radius 3 is 2.15 bits per heavy atom. The average Bonchev–Trinajstić information content (AvgIpc) is 3.18. The molecule has 33 heavy (non-hydrogen) atoms. The van der Waals surface area contributed by atoms with Gasteiger partial charge in [-0.25, -0.2) is 4.79 Å². The van der Waals surface area contributed by atoms with Crippen LogP contribution in [0.5, 0.6) is 0 Å². The molecule has 2 fully saturated rings. The van der Waals surface area contributed by atoms with Crippen LogP contribution >= 0.6 is 0 Å². The number of hydrogen-bond acceptors (Lipinski definition) is 4. The molecule has 172 valence electrons. The number of likely N-dealkylation sites (tertiary alicyclic amines) is 1. The third-order valence-electron chi connectivity index (χ3n) is 7.26. The smallest absolute Gasteiger partial charge is 0.407 e. The SMILES string of the molecule is O=C(NCCCCC(=O)N1C[C@@H]2C(C(=O)O)[C@@H]2C1)OCC1c2ccccc2-c2ccccc21. The minimum absolute atomic E-state index is 0.0353. The number of unbranched alkanes of at least 4 members (excludes halogenated alkanes) is 1. The highest BCUT2D eigenvalue weighted by Gasteiger charge is 2.60. The number of amides is 2. The maximum Gasteiger partial charge on any atom is 0.407 e. The van der Waals surface area contributed by atoms with E-state index >= 15 is 0 Å². The highest BCUT2D eigenvalue weighted by Crippen LogP contribution is 2.51. The Bertz CT molecular complexity index is 1030. The van der Waals surface area contributed by atoms with Gasteiger partial charge >= 0.3 is 12.1 Å². The lowest BCUT2D eigenvalue weighted by molar-refractivity contribution is -0.141. The monoisotopic (exact) mass is 448 g/mol. The van der Waals surface area contributed by atoms with Gasteiger partial charge in [-0.2, -0.15) is 0 Å². The van der Waals surface area contributed by atoms with Gasteiger partial charge in [-0.05, 0) is 46.9 Å². The first-order chi connectivity index (χ1) is 16.0. The molecule has 0 radical (unpaired) electrons. The highest BCUT2D eigenvalue weighted by atomic mass is 16.5. The standard InChI is InChI=1S/C26H28N2O5/c29-23(28-13-20-21(14-28)24(20)25(30)31)11-5-6-12-27-26(32)33-15-22-18-9-3-1-7-16(18)17-8-2-4-10-19(17)22/h1-4,7-10,20-22,24H,5-6,11-15H2,(H,27,32)(H,30,31)/t20-,21+,24?. The summed E-state index contributed by atoms with van der Waals surface area (Å²) in [7, 11) is 0. The lowest BCUT2D eigenvalue weighted by atomic mass is 9.98. The van der Waals surface area contributed by atoms with Crippen LogP contribution in [0.15, 0.2) is 48.5 Å². The van der Waals surface area contributed by atoms with Gasteiger partial charge in [0.1, 0.15) is 6.61 Å². The molecule has 0 bridgehead atoms. The molecule has 1 saturated heterocycles. The van der Waals surface area contributed by atoms with E-state index in [0.29, 0.717) is 38.9 Å². The van der Waals surface area contributed by atoms with E-state index in [4.69, 9.17) is 9.84 Å². The van der Waals surface area contributed by atoms with Gasteiger partial charge in [-0.1, -0.05) is 48.5 Å². The summed E-state index contributed by atoms with van der Waals surface area (Å²) in [6, 6.07) is 16.4. The molecule has 2 aliphatic carbocycles. The van der Waals surface area contributed by atoms with Crippen molar-refractivity contribution in [3.8, 4) is 11.1 Å². The maximum atomic E-state index is 12.3. The Labute approximate surface area is 192 Å². The van der Waals surface area contributed by atoms with Crippen LogP contribution in [0.1, 0.15) is 36.3 Å². The van der Waals surface area contributed by atoms with Gasteiger partial charge in [0.05, 0.1) is 5.92 Å². The number of carboxylic acid groups (broad SMARTS) is 1. The topological polar surface area (TPSA) is 95.9 Å². The van der Waals surface area contributed by atoms with Crippen molar-refractivity contribution in [2.75, 3.05) is 26.2 Å². The van der Waals surface area contributed by atoms with Crippen LogP contribution in [-0.4, -0.2) is 54.2 Å². The Kier molecular flexibility index (Phi) is 5.79. The van der Waals surface area contributed by atoms with Crippen LogP contribution in [0, 0.1) is 17.8 Å². The van der Waals surface area contributed by atoms with Crippen molar-refractivity contribution in [1.82, 2.24) is 10.2 Å². The van der Waals surface area contributed by atoms with Gasteiger partial charge < -0.3 is 20.1 Å². The molecule has 0 aromatic heterocycles. The van der Waals surface area contributed by atoms with Gasteiger partial charge in [0.25, 0.3) is 0 Å². The Morgan fingerprint density at radius 1 is 0.939 bits per heavy atom. The molecule has 3 atom stereocenters. The second-order valence-corrected chi connectivity index (χ2v) is 9.20. The number of piperidine rings is 1. The molecule has 7 heteroatoms. The van der Waals surface area contributed by atoms with Crippen molar-refractivity contribution in [1.29, 1.82) is 0 Å². The minimum Gasteiger partial charge on any atom is -0.481 e. The van der Waals surface area contributed by atoms with Crippen LogP contribution in [0.3, 0.4) is 0 Å². The molecule has 2 aromatic rings. The maximum absolute atomic E-state index is 12.3. The van der Waals surface area contributed by atoms with E-state index in [0.717, 1.165) is 0 Å². The van der Waals surface area contributed by atoms with Gasteiger partial charge in [-0.3, -0.25) is 9.59 Å². The number of rotatable bonds is 8. The van der Waals surface area contributed by atoms with E-state index in [1.807, 2.05) is 24.3 Å². The van der Waals surface area contributed by atoms with E-state index in [1.54, 1.807) is 4.90 Å². The predicted molar refractivity (Wildman–Crippen MR) is 122 cm³/mol. The number of benzene rings is 2. The fraction of sp³-hybridized carbons (Fsp3) is 0.423. The predicted octanol–water partition coefficient (Wildman–Crippen LogP) is 3.48. The number of aliphatic carboxylic acids is 1. The molecule has 3 aliphatic rings. The van der Waals surface area contributed by atoms with Crippen LogP contribution in [0.4, 0.5) is 4.79 Å². The fourth-order valence-corrected chi connectivity index (χ4v) is 5.50. The van der Waals surface area contributed by atoms with Crippen LogP contribution in [0.2, 0.25) is 0 Å². The molecule has 5 rings (SSSR count). The molecular formula is C26H28N2O5. The van der Waals surface area contributed by atoms with Gasteiger partial charge in [-0.15, -0.1) is 0 Å². The first kappa shape index (κ1) is 21.5. The molecule has 1 saturated carbocycles. The normalized spacial score (nSPS) is 22.3. The lowest BCUT2D eigenvalue weighted by Gasteiger charge is -2.19. The largest absolute Gasteiger partial charge is 0.481 e. The number of carbonyl (C=O) groups excluding carboxylic acids is 2. The van der Waals surface area contributed by atoms with Crippen LogP contribution in [0.25, 0.3) is 11.1 Å². The lowest BCUT2D eigenvalue weighted by Crippen LogP contribution is -2.32. The third-order valence-corrected chi connectivity index (χ3v) is 7.26. The average molecular weight is 449 g/mol. The number of nitrogens with one attached hydrogen (secondary N) is 1. The molecule has 1 heterocycles. The number of fused-ring (bicyclic) bond motifs is 4. The number of hydrogen-bond donors (Lipinski definition) is 2. The molecule has 7 nitrogen and oxygen atoms in total. The summed E-state index contributed by atoms with van der Waals surface area (Å²) in [5.41, 5.74) is 4.75. The van der Waals surface area contributed by atoms with Gasteiger partial charge in [0.15, 0.2) is 0 Å². The van der Waals surface area contributed by atoms with Crippen LogP contribution < -0.4 is 5.32 Å². The second kappa shape index (κ2) is 8.89. The summed E-state index contributed by atoms with van der Waals surface area (Å²) in [5, 5.41) is 11.8. The second-order valence-electron chi connectivity index (χ2n) is 9.20. The van der Waals surface area contributed by atoms with E-state index in [2.05, 4.69) is 29.6 Å². The molecule has 1 aliphatic heterocycles. The van der Waals surface area contributed by atoms with Crippen molar-refractivity contribution in [2.24, 2.45) is 17.8 Å². The Morgan fingerprint density at radius 2 is 1.55 bits per heavy atom. The van der Waals surface area contributed by atoms with Gasteiger partial charge in [0.2, 0.25) is 5.91 Å². The van der Waals surface area contributed by atoms with Gasteiger partial charge in [0, 0.05) is 32.0 Å². The highest BCUT2D eigenvalue weighted by molar-refractivity contribution is 5.80. The fourth-order valence-electron chi connectivity index (χ4n) is 5.50. The van der Waals surface area contributed by atoms with Crippen molar-refractivity contribution in [3.63, 3.8) is 0 Å². The van der Waals surface area contributed by atoms with Crippen LogP contribution in [-0.2, 0) is 14.3 Å². The summed E-state index contributed by atoms with van der Waals surface area (Å²) in [4.78, 5) is 37.3. The van der Waals surface area contributed by atoms with Crippen molar-refractivity contribution in [3.05, 3.63) is 59.7 Å². The number of carboxylic acids is 1. The van der Waals surface area contributed by atoms with Crippen molar-refractivity contribution in [2.45, 2.75) is 25.2 Å². The van der Waals surface area contributed by atoms with E-state index < -0.39 is 12.1 Å². The molecule has 0 spiro atoms. The summed E-state index contributed by atoms with van der Waals surface area (Å²) in [5.74, 6) is -0.601. The molecular weight excluding hydrogens is 420 g/mol. The minimum atomic E-state index is -0.739. The summed E-state index contributed by atoms with van der Waals surface area (Å²) in [6.45, 7) is 1.88. The summed E-state index contributed by atoms with van der Waals surface area (Å²) in [6.07, 6.45) is 1.34. The van der Waals surface area contributed by atoms with Crippen molar-refractivity contribution >= 4 is 18.0 Å². The molecule has 2 amide bonds. The molecule has 2 aromatic carbocycles. The molecule has 1 unspecified atom stereocenters. The Balaban J connectivity index is 1.01. The quantitative estimate of drug-likeness (QED) is 0.603. The zero-order valence-corrected chi connectivity index (χ0v) is 18.4. The summed E-state index contributed by atoms with van der Waals surface area (Å²) < 4.78 is 5.52. The first-order valence-electron chi connectivity index (χ1n) is 11.6. The number of carbonyl (C=O) groups is 3. The number of alkyl carbamates (subject to hydrolysis) is 1. The third kappa shape index (κ3) is 4.19. The number of nitrogens with zero attached hydrogens (tertiary/aromatic N) is 1. The Hall–Kier alpha value is -3.35. The van der Waals surface area contributed by atoms with E-state index in [-0.39, 0.29) is 36.2 Å². The van der Waals surface area contributed by atoms with E-state index in [9.17, 15) is 14.4 Å². The van der Waals surface area contributed by atoms with E-state index in [1.165, 1.54) is 22.3 Å².